The molecule has 0 spiro atoms. The Morgan fingerprint density at radius 1 is 0.947 bits per heavy atom. The van der Waals surface area contributed by atoms with Crippen LogP contribution in [0.4, 0.5) is 10.5 Å². The molecular weight excluding hydrogens is 242 g/mol. The maximum atomic E-state index is 11.8. The average molecular weight is 261 g/mol. The number of nitrogens with one attached hydrogen (secondary N) is 3. The fourth-order valence-corrected chi connectivity index (χ4v) is 2.27. The number of carbonyl (C=O) groups is 2. The third-order valence-electron chi connectivity index (χ3n) is 3.31. The molecule has 0 heterocycles. The van der Waals surface area contributed by atoms with Gasteiger partial charge in [-0.1, -0.05) is 37.5 Å². The first kappa shape index (κ1) is 13.4. The van der Waals surface area contributed by atoms with E-state index >= 15 is 0 Å². The van der Waals surface area contributed by atoms with Crippen molar-refractivity contribution in [2.45, 2.75) is 32.1 Å². The highest BCUT2D eigenvalue weighted by molar-refractivity contribution is 5.91. The van der Waals surface area contributed by atoms with E-state index < -0.39 is 6.03 Å². The first-order chi connectivity index (χ1) is 9.25. The Kier molecular flexibility index (Phi) is 4.78. The molecule has 0 unspecified atom stereocenters. The van der Waals surface area contributed by atoms with E-state index in [-0.39, 0.29) is 11.8 Å². The third kappa shape index (κ3) is 4.28. The van der Waals surface area contributed by atoms with E-state index in [0.717, 1.165) is 25.7 Å². The lowest BCUT2D eigenvalue weighted by atomic mass is 9.89. The number of rotatable bonds is 2. The molecule has 1 aliphatic carbocycles. The molecule has 1 aromatic carbocycles. The summed E-state index contributed by atoms with van der Waals surface area (Å²) in [5, 5.41) is 2.64. The van der Waals surface area contributed by atoms with Gasteiger partial charge >= 0.3 is 6.03 Å². The molecule has 19 heavy (non-hydrogen) atoms. The van der Waals surface area contributed by atoms with E-state index in [1.54, 1.807) is 12.1 Å². The van der Waals surface area contributed by atoms with Crippen molar-refractivity contribution in [1.29, 1.82) is 0 Å². The number of anilines is 1. The van der Waals surface area contributed by atoms with E-state index in [1.807, 2.05) is 18.2 Å². The van der Waals surface area contributed by atoms with Gasteiger partial charge in [0.25, 0.3) is 0 Å². The SMILES string of the molecule is O=C(NNC(=O)C1CCCCC1)Nc1ccccc1. The fourth-order valence-electron chi connectivity index (χ4n) is 2.27. The lowest BCUT2D eigenvalue weighted by Gasteiger charge is -2.20. The molecule has 1 aromatic rings. The van der Waals surface area contributed by atoms with Gasteiger partial charge in [0.15, 0.2) is 0 Å². The lowest BCUT2D eigenvalue weighted by Crippen LogP contribution is -2.46. The number of carbonyl (C=O) groups excluding carboxylic acids is 2. The maximum absolute atomic E-state index is 11.8. The molecule has 3 amide bonds. The van der Waals surface area contributed by atoms with Crippen molar-refractivity contribution < 1.29 is 9.59 Å². The van der Waals surface area contributed by atoms with E-state index in [0.29, 0.717) is 5.69 Å². The van der Waals surface area contributed by atoms with Crippen LogP contribution in [-0.4, -0.2) is 11.9 Å². The summed E-state index contributed by atoms with van der Waals surface area (Å²) in [6.07, 6.45) is 5.20. The molecule has 0 aromatic heterocycles. The molecule has 0 saturated heterocycles. The molecule has 5 nitrogen and oxygen atoms in total. The second-order valence-electron chi connectivity index (χ2n) is 4.77. The van der Waals surface area contributed by atoms with Crippen molar-refractivity contribution in [3.05, 3.63) is 30.3 Å². The van der Waals surface area contributed by atoms with Gasteiger partial charge in [0.2, 0.25) is 5.91 Å². The van der Waals surface area contributed by atoms with Gasteiger partial charge < -0.3 is 5.32 Å². The summed E-state index contributed by atoms with van der Waals surface area (Å²) in [6.45, 7) is 0. The largest absolute Gasteiger partial charge is 0.337 e. The van der Waals surface area contributed by atoms with Crippen molar-refractivity contribution >= 4 is 17.6 Å². The quantitative estimate of drug-likeness (QED) is 0.715. The fraction of sp³-hybridized carbons (Fsp3) is 0.429. The predicted molar refractivity (Wildman–Crippen MR) is 73.3 cm³/mol. The number of hydrogen-bond donors (Lipinski definition) is 3. The smallest absolute Gasteiger partial charge is 0.307 e. The van der Waals surface area contributed by atoms with Crippen LogP contribution in [0.5, 0.6) is 0 Å². The number of urea groups is 1. The Hall–Kier alpha value is -2.04. The van der Waals surface area contributed by atoms with Gasteiger partial charge in [-0.05, 0) is 25.0 Å². The summed E-state index contributed by atoms with van der Waals surface area (Å²) in [6, 6.07) is 8.65. The highest BCUT2D eigenvalue weighted by Crippen LogP contribution is 2.23. The molecule has 2 rings (SSSR count). The number of amides is 3. The molecule has 0 radical (unpaired) electrons. The standard InChI is InChI=1S/C14H19N3O2/c18-13(11-7-3-1-4-8-11)16-17-14(19)15-12-9-5-2-6-10-12/h2,5-6,9-11H,1,3-4,7-8H2,(H,16,18)(H2,15,17,19). The van der Waals surface area contributed by atoms with Crippen LogP contribution in [0.15, 0.2) is 30.3 Å². The second kappa shape index (κ2) is 6.78. The van der Waals surface area contributed by atoms with Crippen molar-refractivity contribution in [3.63, 3.8) is 0 Å². The van der Waals surface area contributed by atoms with Gasteiger partial charge in [-0.3, -0.25) is 10.2 Å². The zero-order valence-corrected chi connectivity index (χ0v) is 10.8. The zero-order chi connectivity index (χ0) is 13.5. The van der Waals surface area contributed by atoms with Gasteiger partial charge in [0.05, 0.1) is 0 Å². The van der Waals surface area contributed by atoms with Gasteiger partial charge in [-0.2, -0.15) is 0 Å². The number of para-hydroxylation sites is 1. The number of hydrogen-bond acceptors (Lipinski definition) is 2. The van der Waals surface area contributed by atoms with Crippen LogP contribution in [0.2, 0.25) is 0 Å². The van der Waals surface area contributed by atoms with E-state index in [9.17, 15) is 9.59 Å². The van der Waals surface area contributed by atoms with Crippen LogP contribution in [0, 0.1) is 5.92 Å². The first-order valence-electron chi connectivity index (χ1n) is 6.67. The minimum absolute atomic E-state index is 0.0331. The predicted octanol–water partition coefficient (Wildman–Crippen LogP) is 2.42. The van der Waals surface area contributed by atoms with Crippen molar-refractivity contribution in [2.24, 2.45) is 5.92 Å². The minimum Gasteiger partial charge on any atom is -0.307 e. The topological polar surface area (TPSA) is 70.2 Å². The average Bonchev–Trinajstić information content (AvgIpc) is 2.47. The van der Waals surface area contributed by atoms with Gasteiger partial charge in [0, 0.05) is 11.6 Å². The summed E-state index contributed by atoms with van der Waals surface area (Å²) in [5.41, 5.74) is 5.54. The summed E-state index contributed by atoms with van der Waals surface area (Å²) >= 11 is 0. The number of hydrazine groups is 1. The highest BCUT2D eigenvalue weighted by Gasteiger charge is 2.21. The van der Waals surface area contributed by atoms with Crippen LogP contribution in [-0.2, 0) is 4.79 Å². The van der Waals surface area contributed by atoms with Crippen LogP contribution in [0.25, 0.3) is 0 Å². The number of benzene rings is 1. The van der Waals surface area contributed by atoms with Crippen LogP contribution in [0.3, 0.4) is 0 Å². The van der Waals surface area contributed by atoms with Gasteiger partial charge in [-0.25, -0.2) is 10.2 Å². The molecular formula is C14H19N3O2. The Morgan fingerprint density at radius 2 is 1.63 bits per heavy atom. The molecule has 0 atom stereocenters. The summed E-state index contributed by atoms with van der Waals surface area (Å²) in [7, 11) is 0. The molecule has 0 aliphatic heterocycles. The van der Waals surface area contributed by atoms with Gasteiger partial charge in [0.1, 0.15) is 0 Å². The van der Waals surface area contributed by atoms with E-state index in [4.69, 9.17) is 0 Å². The molecule has 1 aliphatic rings. The van der Waals surface area contributed by atoms with E-state index in [1.165, 1.54) is 6.42 Å². The molecule has 1 saturated carbocycles. The monoisotopic (exact) mass is 261 g/mol. The van der Waals surface area contributed by atoms with Crippen LogP contribution < -0.4 is 16.2 Å². The molecule has 3 N–H and O–H groups in total. The lowest BCUT2D eigenvalue weighted by molar-refractivity contribution is -0.126. The second-order valence-corrected chi connectivity index (χ2v) is 4.77. The minimum atomic E-state index is -0.435. The molecule has 102 valence electrons. The van der Waals surface area contributed by atoms with Crippen molar-refractivity contribution in [2.75, 3.05) is 5.32 Å². The highest BCUT2D eigenvalue weighted by atomic mass is 16.2. The Bertz CT molecular complexity index is 428. The van der Waals surface area contributed by atoms with Crippen LogP contribution in [0.1, 0.15) is 32.1 Å². The van der Waals surface area contributed by atoms with Gasteiger partial charge in [-0.15, -0.1) is 0 Å². The molecule has 1 fully saturated rings. The Labute approximate surface area is 112 Å². The maximum Gasteiger partial charge on any atom is 0.337 e. The zero-order valence-electron chi connectivity index (χ0n) is 10.8. The molecule has 5 heteroatoms. The van der Waals surface area contributed by atoms with Crippen molar-refractivity contribution in [3.8, 4) is 0 Å². The van der Waals surface area contributed by atoms with Crippen molar-refractivity contribution in [1.82, 2.24) is 10.9 Å². The van der Waals surface area contributed by atoms with Crippen LogP contribution >= 0.6 is 0 Å². The summed E-state index contributed by atoms with van der Waals surface area (Å²) in [4.78, 5) is 23.4. The summed E-state index contributed by atoms with van der Waals surface area (Å²) in [5.74, 6) is -0.0614. The normalized spacial score (nSPS) is 15.6. The first-order valence-corrected chi connectivity index (χ1v) is 6.67. The summed E-state index contributed by atoms with van der Waals surface area (Å²) < 4.78 is 0. The van der Waals surface area contributed by atoms with E-state index in [2.05, 4.69) is 16.2 Å². The Balaban J connectivity index is 1.72. The Morgan fingerprint density at radius 3 is 2.32 bits per heavy atom. The third-order valence-corrected chi connectivity index (χ3v) is 3.31. The molecule has 0 bridgehead atoms.